The highest BCUT2D eigenvalue weighted by molar-refractivity contribution is 7.92. The highest BCUT2D eigenvalue weighted by atomic mass is 32.2. The number of rotatable bonds is 4. The van der Waals surface area contributed by atoms with Gasteiger partial charge in [-0.1, -0.05) is 6.92 Å². The Bertz CT molecular complexity index is 375. The van der Waals surface area contributed by atoms with E-state index in [1.54, 1.807) is 11.8 Å². The molecular weight excluding hydrogens is 242 g/mol. The molecule has 0 spiro atoms. The quantitative estimate of drug-likeness (QED) is 0.738. The zero-order chi connectivity index (χ0) is 13.1. The minimum atomic E-state index is -3.26. The van der Waals surface area contributed by atoms with E-state index in [-0.39, 0.29) is 17.4 Å². The molecule has 5 nitrogen and oxygen atoms in total. The van der Waals surface area contributed by atoms with Crippen molar-refractivity contribution < 1.29 is 17.9 Å². The van der Waals surface area contributed by atoms with Gasteiger partial charge in [-0.3, -0.25) is 4.79 Å². The van der Waals surface area contributed by atoms with Gasteiger partial charge in [-0.15, -0.1) is 0 Å². The van der Waals surface area contributed by atoms with Crippen molar-refractivity contribution in [2.24, 2.45) is 0 Å². The van der Waals surface area contributed by atoms with Gasteiger partial charge in [0.05, 0.1) is 24.5 Å². The first-order valence-electron chi connectivity index (χ1n) is 5.87. The summed E-state index contributed by atoms with van der Waals surface area (Å²) < 4.78 is 28.5. The monoisotopic (exact) mass is 263 g/mol. The smallest absolute Gasteiger partial charge is 0.238 e. The molecule has 0 bridgehead atoms. The van der Waals surface area contributed by atoms with Gasteiger partial charge in [0.1, 0.15) is 5.75 Å². The van der Waals surface area contributed by atoms with Crippen LogP contribution in [0.3, 0.4) is 0 Å². The first-order chi connectivity index (χ1) is 7.78. The van der Waals surface area contributed by atoms with E-state index >= 15 is 0 Å². The van der Waals surface area contributed by atoms with Gasteiger partial charge in [0, 0.05) is 6.54 Å². The second-order valence-corrected chi connectivity index (χ2v) is 7.19. The first-order valence-corrected chi connectivity index (χ1v) is 7.69. The summed E-state index contributed by atoms with van der Waals surface area (Å²) in [7, 11) is -3.26. The molecule has 1 aliphatic rings. The molecule has 0 saturated carbocycles. The Morgan fingerprint density at radius 3 is 2.59 bits per heavy atom. The lowest BCUT2D eigenvalue weighted by Gasteiger charge is -2.42. The summed E-state index contributed by atoms with van der Waals surface area (Å²) in [6.07, 6.45) is 0.544. The molecule has 17 heavy (non-hydrogen) atoms. The molecule has 1 aliphatic heterocycles. The van der Waals surface area contributed by atoms with Gasteiger partial charge >= 0.3 is 0 Å². The number of nitrogens with zero attached hydrogens (tertiary/aromatic N) is 1. The molecule has 0 aromatic rings. The Balaban J connectivity index is 2.70. The summed E-state index contributed by atoms with van der Waals surface area (Å²) in [4.78, 5) is 13.6. The van der Waals surface area contributed by atoms with Gasteiger partial charge in [0.15, 0.2) is 9.84 Å². The van der Waals surface area contributed by atoms with Gasteiger partial charge in [0.25, 0.3) is 0 Å². The fourth-order valence-corrected chi connectivity index (χ4v) is 3.27. The topological polar surface area (TPSA) is 63.7 Å². The summed E-state index contributed by atoms with van der Waals surface area (Å²) in [6, 6.07) is 0. The second-order valence-electron chi connectivity index (χ2n) is 5.00. The molecule has 0 radical (unpaired) electrons. The van der Waals surface area contributed by atoms with Crippen LogP contribution in [0.25, 0.3) is 0 Å². The standard InChI is InChI=1S/C11H21NO4S/c1-4-7-17(14,15)8-10(13)12-5-6-16-9-11(12,2)3/h4-9H2,1-3H3. The van der Waals surface area contributed by atoms with Crippen molar-refractivity contribution >= 4 is 15.7 Å². The Morgan fingerprint density at radius 2 is 2.06 bits per heavy atom. The predicted octanol–water partition coefficient (Wildman–Crippen LogP) is 0.449. The van der Waals surface area contributed by atoms with Crippen LogP contribution in [0.1, 0.15) is 27.2 Å². The van der Waals surface area contributed by atoms with Crippen LogP contribution < -0.4 is 0 Å². The lowest BCUT2D eigenvalue weighted by molar-refractivity contribution is -0.143. The van der Waals surface area contributed by atoms with Crippen LogP contribution in [0.15, 0.2) is 0 Å². The molecule has 1 rings (SSSR count). The summed E-state index contributed by atoms with van der Waals surface area (Å²) >= 11 is 0. The van der Waals surface area contributed by atoms with Gasteiger partial charge in [-0.2, -0.15) is 0 Å². The normalized spacial score (nSPS) is 20.3. The fraction of sp³-hybridized carbons (Fsp3) is 0.909. The lowest BCUT2D eigenvalue weighted by atomic mass is 10.0. The third-order valence-corrected chi connectivity index (χ3v) is 4.52. The van der Waals surface area contributed by atoms with Gasteiger partial charge in [0.2, 0.25) is 5.91 Å². The second kappa shape index (κ2) is 5.35. The van der Waals surface area contributed by atoms with E-state index < -0.39 is 15.4 Å². The molecule has 0 atom stereocenters. The number of ether oxygens (including phenoxy) is 1. The molecule has 0 unspecified atom stereocenters. The maximum absolute atomic E-state index is 12.0. The molecule has 1 fully saturated rings. The number of sulfone groups is 1. The number of amides is 1. The van der Waals surface area contributed by atoms with Crippen LogP contribution in [0.4, 0.5) is 0 Å². The van der Waals surface area contributed by atoms with Gasteiger partial charge < -0.3 is 9.64 Å². The average molecular weight is 263 g/mol. The number of carbonyl (C=O) groups excluding carboxylic acids is 1. The van der Waals surface area contributed by atoms with Crippen LogP contribution in [0, 0.1) is 0 Å². The molecule has 1 saturated heterocycles. The molecule has 0 aliphatic carbocycles. The Morgan fingerprint density at radius 1 is 1.41 bits per heavy atom. The largest absolute Gasteiger partial charge is 0.377 e. The summed E-state index contributed by atoms with van der Waals surface area (Å²) in [6.45, 7) is 6.96. The van der Waals surface area contributed by atoms with E-state index in [2.05, 4.69) is 0 Å². The summed E-state index contributed by atoms with van der Waals surface area (Å²) in [5.74, 6) is -0.625. The molecular formula is C11H21NO4S. The summed E-state index contributed by atoms with van der Waals surface area (Å²) in [5.41, 5.74) is -0.420. The van der Waals surface area contributed by atoms with Crippen LogP contribution in [0.2, 0.25) is 0 Å². The number of hydrogen-bond donors (Lipinski definition) is 0. The van der Waals surface area contributed by atoms with Crippen LogP contribution >= 0.6 is 0 Å². The van der Waals surface area contributed by atoms with Gasteiger partial charge in [-0.05, 0) is 20.3 Å². The molecule has 100 valence electrons. The third kappa shape index (κ3) is 3.96. The molecule has 1 heterocycles. The maximum Gasteiger partial charge on any atom is 0.238 e. The van der Waals surface area contributed by atoms with Crippen LogP contribution in [-0.4, -0.2) is 56.0 Å². The van der Waals surface area contributed by atoms with Crippen LogP contribution in [-0.2, 0) is 19.4 Å². The first kappa shape index (κ1) is 14.4. The summed E-state index contributed by atoms with van der Waals surface area (Å²) in [5, 5.41) is 0. The van der Waals surface area contributed by atoms with Crippen molar-refractivity contribution in [1.29, 1.82) is 0 Å². The number of carbonyl (C=O) groups is 1. The van der Waals surface area contributed by atoms with E-state index in [0.29, 0.717) is 26.2 Å². The zero-order valence-electron chi connectivity index (χ0n) is 10.7. The molecule has 0 aromatic heterocycles. The Labute approximate surface area is 103 Å². The SMILES string of the molecule is CCCS(=O)(=O)CC(=O)N1CCOCC1(C)C. The molecule has 1 amide bonds. The predicted molar refractivity (Wildman–Crippen MR) is 65.6 cm³/mol. The molecule has 0 aromatic carbocycles. The average Bonchev–Trinajstić information content (AvgIpc) is 2.15. The maximum atomic E-state index is 12.0. The van der Waals surface area contributed by atoms with Gasteiger partial charge in [-0.25, -0.2) is 8.42 Å². The minimum absolute atomic E-state index is 0.0729. The van der Waals surface area contributed by atoms with E-state index in [4.69, 9.17) is 4.74 Å². The molecule has 6 heteroatoms. The Kier molecular flexibility index (Phi) is 4.55. The van der Waals surface area contributed by atoms with Crippen LogP contribution in [0.5, 0.6) is 0 Å². The van der Waals surface area contributed by atoms with E-state index in [9.17, 15) is 13.2 Å². The molecule has 0 N–H and O–H groups in total. The van der Waals surface area contributed by atoms with Crippen molar-refractivity contribution in [2.75, 3.05) is 31.3 Å². The van der Waals surface area contributed by atoms with E-state index in [1.807, 2.05) is 13.8 Å². The zero-order valence-corrected chi connectivity index (χ0v) is 11.5. The van der Waals surface area contributed by atoms with Crippen molar-refractivity contribution in [2.45, 2.75) is 32.7 Å². The highest BCUT2D eigenvalue weighted by Crippen LogP contribution is 2.19. The third-order valence-electron chi connectivity index (χ3n) is 2.80. The fourth-order valence-electron chi connectivity index (χ4n) is 1.97. The highest BCUT2D eigenvalue weighted by Gasteiger charge is 2.35. The van der Waals surface area contributed by atoms with Crippen molar-refractivity contribution in [3.63, 3.8) is 0 Å². The van der Waals surface area contributed by atoms with Crippen molar-refractivity contribution in [3.05, 3.63) is 0 Å². The van der Waals surface area contributed by atoms with Crippen molar-refractivity contribution in [1.82, 2.24) is 4.90 Å². The Hall–Kier alpha value is -0.620. The van der Waals surface area contributed by atoms with Crippen molar-refractivity contribution in [3.8, 4) is 0 Å². The lowest BCUT2D eigenvalue weighted by Crippen LogP contribution is -2.56. The van der Waals surface area contributed by atoms with E-state index in [0.717, 1.165) is 0 Å². The van der Waals surface area contributed by atoms with E-state index in [1.165, 1.54) is 0 Å². The minimum Gasteiger partial charge on any atom is -0.377 e. The number of hydrogen-bond acceptors (Lipinski definition) is 4. The number of morpholine rings is 1.